The first-order valence-electron chi connectivity index (χ1n) is 7.20. The molecule has 5 nitrogen and oxygen atoms in total. The number of hydrogen-bond donors (Lipinski definition) is 2. The number of hydrazine groups is 1. The molecule has 0 aromatic heterocycles. The molecule has 1 atom stereocenters. The molecule has 1 amide bonds. The molecule has 0 aliphatic carbocycles. The van der Waals surface area contributed by atoms with Gasteiger partial charge in [-0.1, -0.05) is 39.0 Å². The van der Waals surface area contributed by atoms with Gasteiger partial charge in [-0.25, -0.2) is 5.43 Å². The standard InChI is InChI=1S/C16H24N2O3/c1-5-16(3,4)13(15(20)21-6-2)17-18-14(19)12-10-8-7-9-11-12/h7-11,13,17H,5-6H2,1-4H3,(H,18,19)/t13-/m1/s1. The number of ether oxygens (including phenoxy) is 1. The van der Waals surface area contributed by atoms with Gasteiger partial charge in [0, 0.05) is 5.56 Å². The summed E-state index contributed by atoms with van der Waals surface area (Å²) in [5, 5.41) is 0. The van der Waals surface area contributed by atoms with Gasteiger partial charge in [-0.05, 0) is 30.9 Å². The summed E-state index contributed by atoms with van der Waals surface area (Å²) in [5.41, 5.74) is 5.60. The fourth-order valence-electron chi connectivity index (χ4n) is 1.80. The highest BCUT2D eigenvalue weighted by Crippen LogP contribution is 2.25. The average molecular weight is 292 g/mol. The van der Waals surface area contributed by atoms with Crippen molar-refractivity contribution in [3.63, 3.8) is 0 Å². The van der Waals surface area contributed by atoms with Crippen LogP contribution in [-0.2, 0) is 9.53 Å². The van der Waals surface area contributed by atoms with E-state index in [1.165, 1.54) is 0 Å². The first-order valence-corrected chi connectivity index (χ1v) is 7.20. The second-order valence-corrected chi connectivity index (χ2v) is 5.49. The summed E-state index contributed by atoms with van der Waals surface area (Å²) in [6.07, 6.45) is 0.769. The van der Waals surface area contributed by atoms with Crippen LogP contribution in [0, 0.1) is 5.41 Å². The predicted octanol–water partition coefficient (Wildman–Crippen LogP) is 2.29. The Labute approximate surface area is 126 Å². The molecule has 0 radical (unpaired) electrons. The van der Waals surface area contributed by atoms with Crippen molar-refractivity contribution in [2.24, 2.45) is 5.41 Å². The van der Waals surface area contributed by atoms with Crippen LogP contribution in [0.5, 0.6) is 0 Å². The number of esters is 1. The largest absolute Gasteiger partial charge is 0.465 e. The van der Waals surface area contributed by atoms with Gasteiger partial charge in [-0.3, -0.25) is 15.0 Å². The van der Waals surface area contributed by atoms with E-state index in [1.807, 2.05) is 26.8 Å². The first-order chi connectivity index (χ1) is 9.92. The summed E-state index contributed by atoms with van der Waals surface area (Å²) in [5.74, 6) is -0.644. The molecule has 21 heavy (non-hydrogen) atoms. The van der Waals surface area contributed by atoms with Crippen molar-refractivity contribution in [3.05, 3.63) is 35.9 Å². The molecule has 2 N–H and O–H groups in total. The Balaban J connectivity index is 2.74. The van der Waals surface area contributed by atoms with Crippen LogP contribution in [0.15, 0.2) is 30.3 Å². The van der Waals surface area contributed by atoms with Gasteiger partial charge in [0.15, 0.2) is 0 Å². The molecule has 0 spiro atoms. The predicted molar refractivity (Wildman–Crippen MR) is 81.5 cm³/mol. The summed E-state index contributed by atoms with van der Waals surface area (Å²) < 4.78 is 5.08. The monoisotopic (exact) mass is 292 g/mol. The van der Waals surface area contributed by atoms with E-state index in [1.54, 1.807) is 31.2 Å². The molecule has 0 heterocycles. The Morgan fingerprint density at radius 1 is 1.19 bits per heavy atom. The van der Waals surface area contributed by atoms with Crippen molar-refractivity contribution < 1.29 is 14.3 Å². The summed E-state index contributed by atoms with van der Waals surface area (Å²) in [7, 11) is 0. The van der Waals surface area contributed by atoms with Gasteiger partial charge in [0.2, 0.25) is 0 Å². The maximum Gasteiger partial charge on any atom is 0.325 e. The summed E-state index contributed by atoms with van der Waals surface area (Å²) >= 11 is 0. The highest BCUT2D eigenvalue weighted by atomic mass is 16.5. The third kappa shape index (κ3) is 4.86. The number of amides is 1. The minimum atomic E-state index is -0.602. The minimum Gasteiger partial charge on any atom is -0.465 e. The zero-order valence-electron chi connectivity index (χ0n) is 13.1. The number of nitrogens with one attached hydrogen (secondary N) is 2. The van der Waals surface area contributed by atoms with Crippen LogP contribution in [0.3, 0.4) is 0 Å². The number of carbonyl (C=O) groups excluding carboxylic acids is 2. The lowest BCUT2D eigenvalue weighted by molar-refractivity contribution is -0.149. The average Bonchev–Trinajstić information content (AvgIpc) is 2.48. The first kappa shape index (κ1) is 17.2. The molecule has 0 saturated carbocycles. The van der Waals surface area contributed by atoms with Gasteiger partial charge in [-0.15, -0.1) is 0 Å². The van der Waals surface area contributed by atoms with E-state index in [0.717, 1.165) is 6.42 Å². The third-order valence-corrected chi connectivity index (χ3v) is 3.58. The van der Waals surface area contributed by atoms with Crippen molar-refractivity contribution in [2.45, 2.75) is 40.2 Å². The molecule has 0 saturated heterocycles. The van der Waals surface area contributed by atoms with Gasteiger partial charge in [0.25, 0.3) is 5.91 Å². The fourth-order valence-corrected chi connectivity index (χ4v) is 1.80. The van der Waals surface area contributed by atoms with E-state index >= 15 is 0 Å². The van der Waals surface area contributed by atoms with Crippen LogP contribution in [0.25, 0.3) is 0 Å². The maximum atomic E-state index is 12.1. The van der Waals surface area contributed by atoms with Crippen molar-refractivity contribution in [2.75, 3.05) is 6.61 Å². The Morgan fingerprint density at radius 2 is 1.81 bits per heavy atom. The Hall–Kier alpha value is -1.88. The third-order valence-electron chi connectivity index (χ3n) is 3.58. The maximum absolute atomic E-state index is 12.1. The van der Waals surface area contributed by atoms with Crippen LogP contribution in [-0.4, -0.2) is 24.5 Å². The molecule has 0 unspecified atom stereocenters. The van der Waals surface area contributed by atoms with Gasteiger partial charge < -0.3 is 4.74 Å². The van der Waals surface area contributed by atoms with E-state index in [2.05, 4.69) is 10.9 Å². The van der Waals surface area contributed by atoms with E-state index in [0.29, 0.717) is 12.2 Å². The van der Waals surface area contributed by atoms with Crippen molar-refractivity contribution in [1.29, 1.82) is 0 Å². The Bertz CT molecular complexity index is 472. The van der Waals surface area contributed by atoms with Crippen LogP contribution in [0.2, 0.25) is 0 Å². The van der Waals surface area contributed by atoms with Crippen LogP contribution in [0.4, 0.5) is 0 Å². The minimum absolute atomic E-state index is 0.281. The lowest BCUT2D eigenvalue weighted by atomic mass is 9.82. The molecule has 1 aromatic carbocycles. The second kappa shape index (κ2) is 7.78. The molecule has 0 bridgehead atoms. The summed E-state index contributed by atoms with van der Waals surface area (Å²) in [4.78, 5) is 24.1. The van der Waals surface area contributed by atoms with E-state index in [-0.39, 0.29) is 17.3 Å². The van der Waals surface area contributed by atoms with Crippen LogP contribution >= 0.6 is 0 Å². The molecule has 5 heteroatoms. The SMILES string of the molecule is CCOC(=O)[C@@H](NNC(=O)c1ccccc1)C(C)(C)CC. The summed E-state index contributed by atoms with van der Waals surface area (Å²) in [6, 6.07) is 8.23. The lowest BCUT2D eigenvalue weighted by Gasteiger charge is -2.32. The van der Waals surface area contributed by atoms with Crippen LogP contribution < -0.4 is 10.9 Å². The number of carbonyl (C=O) groups is 2. The molecule has 0 fully saturated rings. The molecule has 0 aliphatic heterocycles. The van der Waals surface area contributed by atoms with Crippen molar-refractivity contribution >= 4 is 11.9 Å². The highest BCUT2D eigenvalue weighted by molar-refractivity contribution is 5.94. The zero-order chi connectivity index (χ0) is 15.9. The number of benzene rings is 1. The topological polar surface area (TPSA) is 67.4 Å². The molecule has 0 aliphatic rings. The fraction of sp³-hybridized carbons (Fsp3) is 0.500. The van der Waals surface area contributed by atoms with Gasteiger partial charge in [0.05, 0.1) is 6.61 Å². The molecular weight excluding hydrogens is 268 g/mol. The van der Waals surface area contributed by atoms with E-state index < -0.39 is 6.04 Å². The van der Waals surface area contributed by atoms with E-state index in [9.17, 15) is 9.59 Å². The van der Waals surface area contributed by atoms with Gasteiger partial charge in [-0.2, -0.15) is 0 Å². The normalized spacial score (nSPS) is 12.6. The Kier molecular flexibility index (Phi) is 6.37. The van der Waals surface area contributed by atoms with E-state index in [4.69, 9.17) is 4.74 Å². The molecule has 1 rings (SSSR count). The van der Waals surface area contributed by atoms with Gasteiger partial charge in [0.1, 0.15) is 6.04 Å². The van der Waals surface area contributed by atoms with Crippen LogP contribution in [0.1, 0.15) is 44.5 Å². The lowest BCUT2D eigenvalue weighted by Crippen LogP contribution is -2.55. The number of rotatable bonds is 7. The molecular formula is C16H24N2O3. The number of hydrogen-bond acceptors (Lipinski definition) is 4. The quantitative estimate of drug-likeness (QED) is 0.597. The molecule has 1 aromatic rings. The van der Waals surface area contributed by atoms with Crippen molar-refractivity contribution in [1.82, 2.24) is 10.9 Å². The van der Waals surface area contributed by atoms with Gasteiger partial charge >= 0.3 is 5.97 Å². The highest BCUT2D eigenvalue weighted by Gasteiger charge is 2.35. The summed E-state index contributed by atoms with van der Waals surface area (Å²) in [6.45, 7) is 7.97. The smallest absolute Gasteiger partial charge is 0.325 e. The van der Waals surface area contributed by atoms with Crippen molar-refractivity contribution in [3.8, 4) is 0 Å². The zero-order valence-corrected chi connectivity index (χ0v) is 13.1. The molecule has 116 valence electrons. The Morgan fingerprint density at radius 3 is 2.33 bits per heavy atom. The second-order valence-electron chi connectivity index (χ2n) is 5.49.